The number of carbonyl (C=O) groups is 1. The normalized spacial score (nSPS) is 22.1. The summed E-state index contributed by atoms with van der Waals surface area (Å²) in [5.74, 6) is 0.792. The SMILES string of the molecule is O=C(CN1CCCC(O)c2ccccc21)NCC1CC1. The van der Waals surface area contributed by atoms with Crippen LogP contribution in [0.25, 0.3) is 0 Å². The smallest absolute Gasteiger partial charge is 0.239 e. The number of hydrogen-bond acceptors (Lipinski definition) is 3. The standard InChI is InChI=1S/C16H22N2O2/c19-15-6-3-9-18(14-5-2-1-4-13(14)15)11-16(20)17-10-12-7-8-12/h1-2,4-5,12,15,19H,3,6-11H2,(H,17,20). The van der Waals surface area contributed by atoms with E-state index in [1.54, 1.807) is 0 Å². The molecule has 2 aliphatic rings. The van der Waals surface area contributed by atoms with Gasteiger partial charge in [0, 0.05) is 24.3 Å². The van der Waals surface area contributed by atoms with Crippen LogP contribution < -0.4 is 10.2 Å². The van der Waals surface area contributed by atoms with E-state index in [2.05, 4.69) is 10.2 Å². The summed E-state index contributed by atoms with van der Waals surface area (Å²) in [5, 5.41) is 13.2. The third-order valence-electron chi connectivity index (χ3n) is 4.16. The predicted octanol–water partition coefficient (Wildman–Crippen LogP) is 1.85. The van der Waals surface area contributed by atoms with Crippen molar-refractivity contribution in [3.63, 3.8) is 0 Å². The number of carbonyl (C=O) groups excluding carboxylic acids is 1. The number of nitrogens with zero attached hydrogens (tertiary/aromatic N) is 1. The molecule has 4 nitrogen and oxygen atoms in total. The van der Waals surface area contributed by atoms with Gasteiger partial charge in [-0.15, -0.1) is 0 Å². The number of aliphatic hydroxyl groups excluding tert-OH is 1. The first-order chi connectivity index (χ1) is 9.74. The summed E-state index contributed by atoms with van der Waals surface area (Å²) in [5.41, 5.74) is 1.94. The number of fused-ring (bicyclic) bond motifs is 1. The molecule has 0 radical (unpaired) electrons. The molecular formula is C16H22N2O2. The molecule has 1 heterocycles. The first-order valence-corrected chi connectivity index (χ1v) is 7.52. The lowest BCUT2D eigenvalue weighted by molar-refractivity contribution is -0.119. The molecule has 1 amide bonds. The van der Waals surface area contributed by atoms with Crippen molar-refractivity contribution in [3.8, 4) is 0 Å². The van der Waals surface area contributed by atoms with E-state index in [0.29, 0.717) is 12.5 Å². The van der Waals surface area contributed by atoms with Gasteiger partial charge in [-0.3, -0.25) is 4.79 Å². The summed E-state index contributed by atoms with van der Waals surface area (Å²) in [6.07, 6.45) is 3.76. The lowest BCUT2D eigenvalue weighted by Gasteiger charge is -2.24. The van der Waals surface area contributed by atoms with Crippen molar-refractivity contribution in [2.45, 2.75) is 31.8 Å². The van der Waals surface area contributed by atoms with E-state index in [1.807, 2.05) is 24.3 Å². The summed E-state index contributed by atoms with van der Waals surface area (Å²) in [6.45, 7) is 2.03. The Morgan fingerprint density at radius 1 is 1.30 bits per heavy atom. The first-order valence-electron chi connectivity index (χ1n) is 7.52. The van der Waals surface area contributed by atoms with Gasteiger partial charge >= 0.3 is 0 Å². The van der Waals surface area contributed by atoms with Gasteiger partial charge in [0.25, 0.3) is 0 Å². The van der Waals surface area contributed by atoms with Crippen molar-refractivity contribution < 1.29 is 9.90 Å². The molecule has 4 heteroatoms. The summed E-state index contributed by atoms with van der Waals surface area (Å²) in [6, 6.07) is 7.86. The average Bonchev–Trinajstić information content (AvgIpc) is 3.28. The molecule has 1 fully saturated rings. The Balaban J connectivity index is 1.68. The molecule has 1 aliphatic carbocycles. The molecule has 1 atom stereocenters. The van der Waals surface area contributed by atoms with Gasteiger partial charge in [0.2, 0.25) is 5.91 Å². The van der Waals surface area contributed by atoms with E-state index in [0.717, 1.165) is 37.2 Å². The molecule has 108 valence electrons. The second-order valence-electron chi connectivity index (χ2n) is 5.89. The fourth-order valence-electron chi connectivity index (χ4n) is 2.78. The minimum absolute atomic E-state index is 0.0862. The number of para-hydroxylation sites is 1. The lowest BCUT2D eigenvalue weighted by atomic mass is 10.0. The fraction of sp³-hybridized carbons (Fsp3) is 0.562. The third-order valence-corrected chi connectivity index (χ3v) is 4.16. The van der Waals surface area contributed by atoms with Crippen LogP contribution in [-0.2, 0) is 4.79 Å². The molecule has 20 heavy (non-hydrogen) atoms. The summed E-state index contributed by atoms with van der Waals surface area (Å²) in [7, 11) is 0. The van der Waals surface area contributed by atoms with Gasteiger partial charge in [-0.2, -0.15) is 0 Å². The number of anilines is 1. The highest BCUT2D eigenvalue weighted by Gasteiger charge is 2.24. The molecular weight excluding hydrogens is 252 g/mol. The zero-order chi connectivity index (χ0) is 13.9. The first kappa shape index (κ1) is 13.4. The Hall–Kier alpha value is -1.55. The van der Waals surface area contributed by atoms with Crippen LogP contribution in [-0.4, -0.2) is 30.6 Å². The van der Waals surface area contributed by atoms with E-state index < -0.39 is 6.10 Å². The van der Waals surface area contributed by atoms with Crippen LogP contribution in [0.3, 0.4) is 0 Å². The highest BCUT2D eigenvalue weighted by molar-refractivity contribution is 5.81. The van der Waals surface area contributed by atoms with Crippen LogP contribution in [0.15, 0.2) is 24.3 Å². The highest BCUT2D eigenvalue weighted by Crippen LogP contribution is 2.32. The van der Waals surface area contributed by atoms with Gasteiger partial charge < -0.3 is 15.3 Å². The number of amides is 1. The second kappa shape index (κ2) is 5.83. The van der Waals surface area contributed by atoms with Crippen molar-refractivity contribution in [1.82, 2.24) is 5.32 Å². The van der Waals surface area contributed by atoms with Gasteiger partial charge in [0.05, 0.1) is 12.6 Å². The maximum Gasteiger partial charge on any atom is 0.239 e. The maximum atomic E-state index is 12.0. The predicted molar refractivity (Wildman–Crippen MR) is 78.6 cm³/mol. The molecule has 1 aliphatic heterocycles. The minimum atomic E-state index is -0.411. The van der Waals surface area contributed by atoms with Gasteiger partial charge in [-0.25, -0.2) is 0 Å². The number of nitrogens with one attached hydrogen (secondary N) is 1. The zero-order valence-corrected chi connectivity index (χ0v) is 11.7. The Bertz CT molecular complexity index is 485. The average molecular weight is 274 g/mol. The van der Waals surface area contributed by atoms with Crippen molar-refractivity contribution in [1.29, 1.82) is 0 Å². The third kappa shape index (κ3) is 3.12. The van der Waals surface area contributed by atoms with Crippen LogP contribution in [0.2, 0.25) is 0 Å². The molecule has 3 rings (SSSR count). The van der Waals surface area contributed by atoms with Gasteiger partial charge in [0.1, 0.15) is 0 Å². The largest absolute Gasteiger partial charge is 0.388 e. The van der Waals surface area contributed by atoms with Crippen LogP contribution in [0.1, 0.15) is 37.4 Å². The molecule has 0 spiro atoms. The van der Waals surface area contributed by atoms with Gasteiger partial charge in [-0.05, 0) is 37.7 Å². The Labute approximate surface area is 119 Å². The molecule has 0 aromatic heterocycles. The van der Waals surface area contributed by atoms with Crippen LogP contribution >= 0.6 is 0 Å². The summed E-state index contributed by atoms with van der Waals surface area (Å²) < 4.78 is 0. The Morgan fingerprint density at radius 3 is 2.90 bits per heavy atom. The zero-order valence-electron chi connectivity index (χ0n) is 11.7. The topological polar surface area (TPSA) is 52.6 Å². The fourth-order valence-corrected chi connectivity index (χ4v) is 2.78. The van der Waals surface area contributed by atoms with Gasteiger partial charge in [0.15, 0.2) is 0 Å². The minimum Gasteiger partial charge on any atom is -0.388 e. The van der Waals surface area contributed by atoms with Crippen molar-refractivity contribution >= 4 is 11.6 Å². The van der Waals surface area contributed by atoms with E-state index in [-0.39, 0.29) is 5.91 Å². The molecule has 1 saturated carbocycles. The van der Waals surface area contributed by atoms with Crippen LogP contribution in [0.4, 0.5) is 5.69 Å². The molecule has 0 bridgehead atoms. The monoisotopic (exact) mass is 274 g/mol. The Kier molecular flexibility index (Phi) is 3.92. The van der Waals surface area contributed by atoms with Gasteiger partial charge in [-0.1, -0.05) is 18.2 Å². The van der Waals surface area contributed by atoms with E-state index in [9.17, 15) is 9.90 Å². The van der Waals surface area contributed by atoms with E-state index >= 15 is 0 Å². The Morgan fingerprint density at radius 2 is 2.10 bits per heavy atom. The molecule has 1 aromatic carbocycles. The number of rotatable bonds is 4. The maximum absolute atomic E-state index is 12.0. The summed E-state index contributed by atoms with van der Waals surface area (Å²) >= 11 is 0. The molecule has 0 saturated heterocycles. The van der Waals surface area contributed by atoms with E-state index in [1.165, 1.54) is 12.8 Å². The van der Waals surface area contributed by atoms with Crippen LogP contribution in [0, 0.1) is 5.92 Å². The van der Waals surface area contributed by atoms with Crippen LogP contribution in [0.5, 0.6) is 0 Å². The number of hydrogen-bond donors (Lipinski definition) is 2. The van der Waals surface area contributed by atoms with E-state index in [4.69, 9.17) is 0 Å². The van der Waals surface area contributed by atoms with Crippen molar-refractivity contribution in [3.05, 3.63) is 29.8 Å². The van der Waals surface area contributed by atoms with Crippen molar-refractivity contribution in [2.75, 3.05) is 24.5 Å². The lowest BCUT2D eigenvalue weighted by Crippen LogP contribution is -2.38. The number of aliphatic hydroxyl groups is 1. The quantitative estimate of drug-likeness (QED) is 0.881. The summed E-state index contributed by atoms with van der Waals surface area (Å²) in [4.78, 5) is 14.1. The number of benzene rings is 1. The second-order valence-corrected chi connectivity index (χ2v) is 5.89. The molecule has 2 N–H and O–H groups in total. The highest BCUT2D eigenvalue weighted by atomic mass is 16.3. The molecule has 1 unspecified atom stereocenters. The molecule has 1 aromatic rings. The van der Waals surface area contributed by atoms with Crippen molar-refractivity contribution in [2.24, 2.45) is 5.92 Å².